The molecular formula is C22H26ClN3O3. The number of rotatable bonds is 6. The third-order valence-corrected chi connectivity index (χ3v) is 5.21. The lowest BCUT2D eigenvalue weighted by molar-refractivity contribution is 0.0924. The summed E-state index contributed by atoms with van der Waals surface area (Å²) in [5, 5.41) is 6.94. The number of nitrogens with zero attached hydrogens (tertiary/aromatic N) is 2. The van der Waals surface area contributed by atoms with E-state index in [-0.39, 0.29) is 30.0 Å². The number of nitrogens with one attached hydrogen (secondary N) is 1. The number of carbonyl (C=O) groups excluding carboxylic acids is 1. The van der Waals surface area contributed by atoms with Crippen LogP contribution in [-0.4, -0.2) is 35.6 Å². The Kier molecular flexibility index (Phi) is 6.77. The van der Waals surface area contributed by atoms with Crippen molar-refractivity contribution >= 4 is 18.3 Å². The fraction of sp³-hybridized carbons (Fsp3) is 0.364. The number of hydrogen-bond acceptors (Lipinski definition) is 5. The zero-order valence-electron chi connectivity index (χ0n) is 16.7. The van der Waals surface area contributed by atoms with Gasteiger partial charge in [-0.3, -0.25) is 9.69 Å². The van der Waals surface area contributed by atoms with Gasteiger partial charge in [0, 0.05) is 18.2 Å². The molecule has 4 rings (SSSR count). The molecular weight excluding hydrogens is 390 g/mol. The van der Waals surface area contributed by atoms with E-state index >= 15 is 0 Å². The molecule has 0 aliphatic carbocycles. The van der Waals surface area contributed by atoms with Gasteiger partial charge in [0.25, 0.3) is 5.91 Å². The third kappa shape index (κ3) is 4.89. The topological polar surface area (TPSA) is 71.5 Å². The van der Waals surface area contributed by atoms with Crippen LogP contribution < -0.4 is 5.32 Å². The van der Waals surface area contributed by atoms with E-state index in [2.05, 4.69) is 15.4 Å². The number of likely N-dealkylation sites (tertiary alicyclic amines) is 1. The number of aryl methyl sites for hydroxylation is 2. The van der Waals surface area contributed by atoms with E-state index in [0.717, 1.165) is 30.2 Å². The minimum Gasteiger partial charge on any atom is -0.465 e. The number of amides is 1. The Labute approximate surface area is 176 Å². The Morgan fingerprint density at radius 1 is 1.14 bits per heavy atom. The summed E-state index contributed by atoms with van der Waals surface area (Å²) in [5.41, 5.74) is 2.35. The van der Waals surface area contributed by atoms with E-state index in [1.807, 2.05) is 50.2 Å². The van der Waals surface area contributed by atoms with Crippen LogP contribution in [-0.2, 0) is 0 Å². The molecule has 3 aromatic rings. The summed E-state index contributed by atoms with van der Waals surface area (Å²) in [7, 11) is 0. The van der Waals surface area contributed by atoms with Gasteiger partial charge in [-0.05, 0) is 51.9 Å². The van der Waals surface area contributed by atoms with Gasteiger partial charge in [-0.25, -0.2) is 0 Å². The van der Waals surface area contributed by atoms with Gasteiger partial charge in [0.2, 0.25) is 0 Å². The van der Waals surface area contributed by atoms with E-state index in [9.17, 15) is 4.79 Å². The Hall–Kier alpha value is -2.57. The zero-order chi connectivity index (χ0) is 19.5. The van der Waals surface area contributed by atoms with Crippen molar-refractivity contribution in [1.29, 1.82) is 0 Å². The fourth-order valence-electron chi connectivity index (χ4n) is 3.61. The summed E-state index contributed by atoms with van der Waals surface area (Å²) < 4.78 is 11.2. The van der Waals surface area contributed by atoms with E-state index in [0.29, 0.717) is 12.3 Å². The van der Waals surface area contributed by atoms with Crippen LogP contribution in [0.3, 0.4) is 0 Å². The first-order valence-electron chi connectivity index (χ1n) is 9.72. The molecule has 154 valence electrons. The molecule has 0 saturated carbocycles. The smallest absolute Gasteiger partial charge is 0.273 e. The Bertz CT molecular complexity index is 942. The largest absolute Gasteiger partial charge is 0.465 e. The summed E-state index contributed by atoms with van der Waals surface area (Å²) in [4.78, 5) is 15.0. The molecule has 1 atom stereocenters. The van der Waals surface area contributed by atoms with Crippen molar-refractivity contribution in [2.75, 3.05) is 19.6 Å². The highest BCUT2D eigenvalue weighted by Gasteiger charge is 2.27. The predicted molar refractivity (Wildman–Crippen MR) is 113 cm³/mol. The summed E-state index contributed by atoms with van der Waals surface area (Å²) in [6.07, 6.45) is 2.35. The first kappa shape index (κ1) is 21.1. The molecule has 2 aromatic heterocycles. The zero-order valence-corrected chi connectivity index (χ0v) is 17.5. The highest BCUT2D eigenvalue weighted by molar-refractivity contribution is 5.93. The second kappa shape index (κ2) is 9.29. The van der Waals surface area contributed by atoms with Gasteiger partial charge in [-0.15, -0.1) is 12.4 Å². The van der Waals surface area contributed by atoms with Gasteiger partial charge in [-0.2, -0.15) is 0 Å². The molecule has 1 aromatic carbocycles. The van der Waals surface area contributed by atoms with Crippen LogP contribution in [0.15, 0.2) is 51.4 Å². The Morgan fingerprint density at radius 2 is 1.86 bits per heavy atom. The normalized spacial score (nSPS) is 15.1. The van der Waals surface area contributed by atoms with Gasteiger partial charge in [0.1, 0.15) is 11.5 Å². The maximum Gasteiger partial charge on any atom is 0.273 e. The molecule has 1 N–H and O–H groups in total. The molecule has 1 aliphatic rings. The van der Waals surface area contributed by atoms with Crippen molar-refractivity contribution in [2.45, 2.75) is 32.7 Å². The van der Waals surface area contributed by atoms with Crippen LogP contribution >= 0.6 is 12.4 Å². The molecule has 29 heavy (non-hydrogen) atoms. The van der Waals surface area contributed by atoms with Crippen LogP contribution in [0, 0.1) is 13.8 Å². The molecule has 1 unspecified atom stereocenters. The van der Waals surface area contributed by atoms with Gasteiger partial charge in [0.05, 0.1) is 6.04 Å². The van der Waals surface area contributed by atoms with Crippen LogP contribution in [0.2, 0.25) is 0 Å². The monoisotopic (exact) mass is 415 g/mol. The number of benzene rings is 1. The molecule has 1 aliphatic heterocycles. The summed E-state index contributed by atoms with van der Waals surface area (Å²) >= 11 is 0. The SMILES string of the molecule is Cc1ccc(-c2cc(C(=O)NCC(c3ccc(C)o3)N3CCCC3)no2)cc1.Cl. The van der Waals surface area contributed by atoms with Gasteiger partial charge < -0.3 is 14.3 Å². The first-order chi connectivity index (χ1) is 13.6. The Morgan fingerprint density at radius 3 is 2.52 bits per heavy atom. The van der Waals surface area contributed by atoms with E-state index in [1.54, 1.807) is 6.07 Å². The lowest BCUT2D eigenvalue weighted by Gasteiger charge is -2.25. The highest BCUT2D eigenvalue weighted by Crippen LogP contribution is 2.26. The fourth-order valence-corrected chi connectivity index (χ4v) is 3.61. The number of aromatic nitrogens is 1. The van der Waals surface area contributed by atoms with Crippen LogP contribution in [0.1, 0.15) is 46.5 Å². The average molecular weight is 416 g/mol. The van der Waals surface area contributed by atoms with Gasteiger partial charge >= 0.3 is 0 Å². The van der Waals surface area contributed by atoms with Gasteiger partial charge in [0.15, 0.2) is 11.5 Å². The maximum atomic E-state index is 12.6. The maximum absolute atomic E-state index is 12.6. The van der Waals surface area contributed by atoms with Crippen LogP contribution in [0.25, 0.3) is 11.3 Å². The molecule has 1 fully saturated rings. The van der Waals surface area contributed by atoms with Crippen molar-refractivity contribution in [3.05, 3.63) is 65.2 Å². The highest BCUT2D eigenvalue weighted by atomic mass is 35.5. The quantitative estimate of drug-likeness (QED) is 0.639. The average Bonchev–Trinajstić information content (AvgIpc) is 3.44. The van der Waals surface area contributed by atoms with Crippen molar-refractivity contribution in [2.24, 2.45) is 0 Å². The van der Waals surface area contributed by atoms with Crippen molar-refractivity contribution < 1.29 is 13.7 Å². The second-order valence-corrected chi connectivity index (χ2v) is 7.36. The van der Waals surface area contributed by atoms with E-state index in [4.69, 9.17) is 8.94 Å². The van der Waals surface area contributed by atoms with Crippen molar-refractivity contribution in [3.63, 3.8) is 0 Å². The van der Waals surface area contributed by atoms with Crippen molar-refractivity contribution in [3.8, 4) is 11.3 Å². The number of furan rings is 1. The third-order valence-electron chi connectivity index (χ3n) is 5.21. The molecule has 1 amide bonds. The summed E-state index contributed by atoms with van der Waals surface area (Å²) in [6.45, 7) is 6.47. The second-order valence-electron chi connectivity index (χ2n) is 7.36. The van der Waals surface area contributed by atoms with Crippen LogP contribution in [0.5, 0.6) is 0 Å². The molecule has 0 radical (unpaired) electrons. The molecule has 3 heterocycles. The molecule has 6 nitrogen and oxygen atoms in total. The minimum absolute atomic E-state index is 0. The van der Waals surface area contributed by atoms with E-state index < -0.39 is 0 Å². The standard InChI is InChI=1S/C22H25N3O3.ClH/c1-15-5-8-17(9-6-15)21-13-18(24-28-21)22(26)23-14-19(25-11-3-4-12-25)20-10-7-16(2)27-20;/h5-10,13,19H,3-4,11-12,14H2,1-2H3,(H,23,26);1H. The van der Waals surface area contributed by atoms with Gasteiger partial charge in [-0.1, -0.05) is 35.0 Å². The first-order valence-corrected chi connectivity index (χ1v) is 9.72. The van der Waals surface area contributed by atoms with E-state index in [1.165, 1.54) is 18.4 Å². The summed E-state index contributed by atoms with van der Waals surface area (Å²) in [6, 6.07) is 13.6. The lowest BCUT2D eigenvalue weighted by Crippen LogP contribution is -2.36. The van der Waals surface area contributed by atoms with Crippen molar-refractivity contribution in [1.82, 2.24) is 15.4 Å². The molecule has 7 heteroatoms. The number of hydrogen-bond donors (Lipinski definition) is 1. The number of carbonyl (C=O) groups is 1. The molecule has 0 spiro atoms. The minimum atomic E-state index is -0.241. The predicted octanol–water partition coefficient (Wildman–Crippen LogP) is 4.54. The Balaban J connectivity index is 0.00000240. The molecule has 0 bridgehead atoms. The molecule has 1 saturated heterocycles. The number of halogens is 1. The summed E-state index contributed by atoms with van der Waals surface area (Å²) in [5.74, 6) is 2.11. The lowest BCUT2D eigenvalue weighted by atomic mass is 10.1. The van der Waals surface area contributed by atoms with Crippen LogP contribution in [0.4, 0.5) is 0 Å².